The van der Waals surface area contributed by atoms with Crippen molar-refractivity contribution in [3.63, 3.8) is 0 Å². The predicted octanol–water partition coefficient (Wildman–Crippen LogP) is 0.673. The van der Waals surface area contributed by atoms with Crippen molar-refractivity contribution in [2.45, 2.75) is 12.5 Å². The first kappa shape index (κ1) is 15.9. The quantitative estimate of drug-likeness (QED) is 0.865. The number of carbonyl (C=O) groups excluding carboxylic acids is 2. The summed E-state index contributed by atoms with van der Waals surface area (Å²) in [5, 5.41) is 2.84. The minimum atomic E-state index is -0.285. The van der Waals surface area contributed by atoms with E-state index in [9.17, 15) is 9.59 Å². The van der Waals surface area contributed by atoms with Gasteiger partial charge in [-0.3, -0.25) is 9.59 Å². The van der Waals surface area contributed by atoms with Crippen LogP contribution in [0.25, 0.3) is 0 Å². The van der Waals surface area contributed by atoms with Crippen molar-refractivity contribution in [2.24, 2.45) is 0 Å². The number of nitrogens with zero attached hydrogens (tertiary/aromatic N) is 1. The minimum absolute atomic E-state index is 0.0233. The second-order valence-corrected chi connectivity index (χ2v) is 5.06. The third kappa shape index (κ3) is 3.08. The van der Waals surface area contributed by atoms with Gasteiger partial charge >= 0.3 is 0 Å². The van der Waals surface area contributed by atoms with Crippen molar-refractivity contribution in [1.29, 1.82) is 0 Å². The number of amides is 2. The molecule has 1 saturated heterocycles. The third-order valence-corrected chi connectivity index (χ3v) is 3.60. The highest BCUT2D eigenvalue weighted by Gasteiger charge is 2.28. The number of benzene rings is 1. The molecule has 120 valence electrons. The number of methoxy groups -OCH3 is 3. The lowest BCUT2D eigenvalue weighted by Crippen LogP contribution is -2.36. The number of likely N-dealkylation sites (tertiary alicyclic amines) is 1. The van der Waals surface area contributed by atoms with Gasteiger partial charge in [-0.2, -0.15) is 0 Å². The Bertz CT molecular complexity index is 562. The molecule has 0 spiro atoms. The maximum absolute atomic E-state index is 12.4. The number of hydrogen-bond donors (Lipinski definition) is 1. The molecule has 1 aromatic rings. The van der Waals surface area contributed by atoms with Crippen LogP contribution in [0.4, 0.5) is 0 Å². The molecule has 1 N–H and O–H groups in total. The summed E-state index contributed by atoms with van der Waals surface area (Å²) in [6.07, 6.45) is 0.312. The summed E-state index contributed by atoms with van der Waals surface area (Å²) in [7, 11) is 6.20. The second kappa shape index (κ2) is 6.55. The van der Waals surface area contributed by atoms with E-state index in [0.29, 0.717) is 35.8 Å². The van der Waals surface area contributed by atoms with Crippen molar-refractivity contribution in [2.75, 3.05) is 34.9 Å². The molecule has 1 aliphatic heterocycles. The molecule has 1 aromatic carbocycles. The van der Waals surface area contributed by atoms with E-state index in [4.69, 9.17) is 14.2 Å². The van der Waals surface area contributed by atoms with Gasteiger partial charge in [0.05, 0.1) is 27.4 Å². The Labute approximate surface area is 129 Å². The lowest BCUT2D eigenvalue weighted by molar-refractivity contribution is -0.126. The number of ether oxygens (including phenoxy) is 3. The predicted molar refractivity (Wildman–Crippen MR) is 79.6 cm³/mol. The fourth-order valence-electron chi connectivity index (χ4n) is 2.44. The van der Waals surface area contributed by atoms with Gasteiger partial charge in [0.2, 0.25) is 11.7 Å². The monoisotopic (exact) mass is 308 g/mol. The van der Waals surface area contributed by atoms with Crippen molar-refractivity contribution >= 4 is 11.8 Å². The number of likely N-dealkylation sites (N-methyl/N-ethyl adjacent to an activating group) is 1. The average Bonchev–Trinajstić information content (AvgIpc) is 2.83. The van der Waals surface area contributed by atoms with Gasteiger partial charge in [-0.1, -0.05) is 0 Å². The van der Waals surface area contributed by atoms with E-state index < -0.39 is 0 Å². The lowest BCUT2D eigenvalue weighted by atomic mass is 10.1. The van der Waals surface area contributed by atoms with E-state index in [1.54, 1.807) is 24.1 Å². The van der Waals surface area contributed by atoms with Crippen LogP contribution in [0.5, 0.6) is 17.2 Å². The van der Waals surface area contributed by atoms with E-state index in [0.717, 1.165) is 0 Å². The molecule has 7 heteroatoms. The van der Waals surface area contributed by atoms with Crippen molar-refractivity contribution in [1.82, 2.24) is 10.2 Å². The summed E-state index contributed by atoms with van der Waals surface area (Å²) in [5.74, 6) is 0.984. The van der Waals surface area contributed by atoms with Crippen molar-refractivity contribution < 1.29 is 23.8 Å². The molecule has 0 saturated carbocycles. The summed E-state index contributed by atoms with van der Waals surface area (Å²) in [4.78, 5) is 25.5. The van der Waals surface area contributed by atoms with E-state index in [1.807, 2.05) is 0 Å². The molecule has 7 nitrogen and oxygen atoms in total. The Kier molecular flexibility index (Phi) is 4.75. The summed E-state index contributed by atoms with van der Waals surface area (Å²) in [6.45, 7) is 0.509. The maximum atomic E-state index is 12.4. The number of hydrogen-bond acceptors (Lipinski definition) is 5. The molecule has 0 bridgehead atoms. The van der Waals surface area contributed by atoms with Gasteiger partial charge in [0.1, 0.15) is 0 Å². The molecule has 22 heavy (non-hydrogen) atoms. The van der Waals surface area contributed by atoms with E-state index in [2.05, 4.69) is 5.32 Å². The van der Waals surface area contributed by atoms with Crippen LogP contribution < -0.4 is 19.5 Å². The first-order valence-electron chi connectivity index (χ1n) is 6.85. The Hall–Kier alpha value is -2.44. The van der Waals surface area contributed by atoms with Gasteiger partial charge in [0.25, 0.3) is 5.91 Å². The molecular formula is C15H20N2O5. The van der Waals surface area contributed by atoms with Crippen LogP contribution in [-0.2, 0) is 4.79 Å². The molecule has 2 rings (SSSR count). The number of rotatable bonds is 5. The van der Waals surface area contributed by atoms with Crippen LogP contribution in [0.3, 0.4) is 0 Å². The van der Waals surface area contributed by atoms with Crippen LogP contribution in [0.2, 0.25) is 0 Å². The molecule has 1 atom stereocenters. The first-order chi connectivity index (χ1) is 10.5. The maximum Gasteiger partial charge on any atom is 0.251 e. The summed E-state index contributed by atoms with van der Waals surface area (Å²) < 4.78 is 15.7. The molecule has 0 aromatic heterocycles. The fraction of sp³-hybridized carbons (Fsp3) is 0.467. The van der Waals surface area contributed by atoms with Gasteiger partial charge in [-0.05, 0) is 12.1 Å². The number of nitrogens with one attached hydrogen (secondary N) is 1. The largest absolute Gasteiger partial charge is 0.493 e. The van der Waals surface area contributed by atoms with Crippen molar-refractivity contribution in [3.05, 3.63) is 17.7 Å². The first-order valence-corrected chi connectivity index (χ1v) is 6.85. The second-order valence-electron chi connectivity index (χ2n) is 5.06. The highest BCUT2D eigenvalue weighted by atomic mass is 16.5. The Morgan fingerprint density at radius 1 is 1.18 bits per heavy atom. The van der Waals surface area contributed by atoms with Crippen LogP contribution in [0, 0.1) is 0 Å². The zero-order valence-electron chi connectivity index (χ0n) is 13.1. The Morgan fingerprint density at radius 3 is 2.18 bits per heavy atom. The smallest absolute Gasteiger partial charge is 0.251 e. The molecule has 0 radical (unpaired) electrons. The Balaban J connectivity index is 2.21. The van der Waals surface area contributed by atoms with Gasteiger partial charge in [0, 0.05) is 25.6 Å². The van der Waals surface area contributed by atoms with Crippen LogP contribution in [-0.4, -0.2) is 57.7 Å². The summed E-state index contributed by atoms with van der Waals surface area (Å²) in [5.41, 5.74) is 0.386. The molecule has 1 aliphatic rings. The van der Waals surface area contributed by atoms with E-state index in [1.165, 1.54) is 21.3 Å². The highest BCUT2D eigenvalue weighted by molar-refractivity contribution is 5.96. The summed E-state index contributed by atoms with van der Waals surface area (Å²) >= 11 is 0. The van der Waals surface area contributed by atoms with Gasteiger partial charge in [0.15, 0.2) is 11.5 Å². The van der Waals surface area contributed by atoms with Crippen LogP contribution in [0.1, 0.15) is 16.8 Å². The Morgan fingerprint density at radius 2 is 1.77 bits per heavy atom. The van der Waals surface area contributed by atoms with Gasteiger partial charge in [-0.15, -0.1) is 0 Å². The standard InChI is InChI=1S/C15H20N2O5/c1-17-8-10(7-13(17)18)16-15(19)9-5-11(20-2)14(22-4)12(6-9)21-3/h5-6,10H,7-8H2,1-4H3,(H,16,19). The van der Waals surface area contributed by atoms with Gasteiger partial charge in [-0.25, -0.2) is 0 Å². The molecule has 1 unspecified atom stereocenters. The molecule has 0 aliphatic carbocycles. The molecule has 1 heterocycles. The highest BCUT2D eigenvalue weighted by Crippen LogP contribution is 2.38. The molecular weight excluding hydrogens is 288 g/mol. The topological polar surface area (TPSA) is 77.1 Å². The zero-order valence-corrected chi connectivity index (χ0v) is 13.1. The molecule has 1 fully saturated rings. The van der Waals surface area contributed by atoms with E-state index in [-0.39, 0.29) is 17.9 Å². The summed E-state index contributed by atoms with van der Waals surface area (Å²) in [6, 6.07) is 2.97. The average molecular weight is 308 g/mol. The van der Waals surface area contributed by atoms with Crippen LogP contribution >= 0.6 is 0 Å². The number of carbonyl (C=O) groups is 2. The lowest BCUT2D eigenvalue weighted by Gasteiger charge is -2.16. The van der Waals surface area contributed by atoms with Crippen LogP contribution in [0.15, 0.2) is 12.1 Å². The fourth-order valence-corrected chi connectivity index (χ4v) is 2.44. The zero-order chi connectivity index (χ0) is 16.3. The van der Waals surface area contributed by atoms with Gasteiger partial charge < -0.3 is 24.4 Å². The molecule has 2 amide bonds. The van der Waals surface area contributed by atoms with Crippen molar-refractivity contribution in [3.8, 4) is 17.2 Å². The normalized spacial score (nSPS) is 17.4. The SMILES string of the molecule is COc1cc(C(=O)NC2CC(=O)N(C)C2)cc(OC)c1OC. The minimum Gasteiger partial charge on any atom is -0.493 e. The van der Waals surface area contributed by atoms with E-state index >= 15 is 0 Å². The third-order valence-electron chi connectivity index (χ3n) is 3.60.